The van der Waals surface area contributed by atoms with E-state index in [1.807, 2.05) is 26.2 Å². The number of hydrogen-bond donors (Lipinski definition) is 0. The molecule has 0 aliphatic carbocycles. The quantitative estimate of drug-likeness (QED) is 0.744. The van der Waals surface area contributed by atoms with Crippen molar-refractivity contribution >= 4 is 17.8 Å². The summed E-state index contributed by atoms with van der Waals surface area (Å²) in [6.45, 7) is 2.60. The monoisotopic (exact) mass is 410 g/mol. The van der Waals surface area contributed by atoms with Crippen LogP contribution < -0.4 is 4.90 Å². The molecule has 0 radical (unpaired) electrons. The average molecular weight is 410 g/mol. The normalized spacial score (nSPS) is 19.1. The van der Waals surface area contributed by atoms with E-state index in [2.05, 4.69) is 15.0 Å². The second-order valence-corrected chi connectivity index (χ2v) is 7.69. The van der Waals surface area contributed by atoms with Crippen LogP contribution >= 0.6 is 0 Å². The van der Waals surface area contributed by atoms with E-state index in [0.717, 1.165) is 18.4 Å². The van der Waals surface area contributed by atoms with Gasteiger partial charge in [-0.15, -0.1) is 0 Å². The number of amides is 2. The van der Waals surface area contributed by atoms with Crippen molar-refractivity contribution in [2.45, 2.75) is 18.9 Å². The molecule has 2 aromatic heterocycles. The molecule has 0 aromatic carbocycles. The van der Waals surface area contributed by atoms with Crippen molar-refractivity contribution in [3.63, 3.8) is 0 Å². The highest BCUT2D eigenvalue weighted by atomic mass is 16.5. The van der Waals surface area contributed by atoms with Crippen molar-refractivity contribution in [3.05, 3.63) is 36.3 Å². The molecule has 0 bridgehead atoms. The number of pyridine rings is 1. The van der Waals surface area contributed by atoms with Crippen LogP contribution in [0.1, 0.15) is 23.2 Å². The van der Waals surface area contributed by atoms with Crippen molar-refractivity contribution in [2.75, 3.05) is 51.8 Å². The zero-order chi connectivity index (χ0) is 21.1. The van der Waals surface area contributed by atoms with E-state index in [0.29, 0.717) is 50.0 Å². The lowest BCUT2D eigenvalue weighted by Gasteiger charge is -2.36. The van der Waals surface area contributed by atoms with E-state index < -0.39 is 0 Å². The summed E-state index contributed by atoms with van der Waals surface area (Å²) in [6, 6.07) is 3.69. The predicted molar refractivity (Wildman–Crippen MR) is 111 cm³/mol. The topological polar surface area (TPSA) is 91.8 Å². The third-order valence-electron chi connectivity index (χ3n) is 5.43. The summed E-state index contributed by atoms with van der Waals surface area (Å²) in [5, 5.41) is 0. The Kier molecular flexibility index (Phi) is 5.89. The van der Waals surface area contributed by atoms with Gasteiger partial charge in [-0.25, -0.2) is 9.97 Å². The third kappa shape index (κ3) is 4.11. The van der Waals surface area contributed by atoms with Gasteiger partial charge in [0, 0.05) is 71.0 Å². The number of nitrogens with zero attached hydrogens (tertiary/aromatic N) is 6. The number of carbonyl (C=O) groups is 2. The van der Waals surface area contributed by atoms with Crippen LogP contribution in [-0.2, 0) is 9.53 Å². The molecule has 158 valence electrons. The van der Waals surface area contributed by atoms with E-state index in [9.17, 15) is 9.59 Å². The molecule has 2 fully saturated rings. The summed E-state index contributed by atoms with van der Waals surface area (Å²) >= 11 is 0. The van der Waals surface area contributed by atoms with Crippen LogP contribution in [0.4, 0.5) is 5.95 Å². The molecule has 2 amide bonds. The van der Waals surface area contributed by atoms with Crippen LogP contribution in [0.3, 0.4) is 0 Å². The maximum atomic E-state index is 13.3. The summed E-state index contributed by atoms with van der Waals surface area (Å²) in [6.07, 6.45) is 6.34. The minimum atomic E-state index is -0.323. The Morgan fingerprint density at radius 3 is 2.53 bits per heavy atom. The maximum Gasteiger partial charge on any atom is 0.257 e. The van der Waals surface area contributed by atoms with Gasteiger partial charge in [0.2, 0.25) is 5.95 Å². The molecule has 2 aromatic rings. The Labute approximate surface area is 175 Å². The number of aromatic nitrogens is 3. The van der Waals surface area contributed by atoms with Crippen molar-refractivity contribution in [3.8, 4) is 11.3 Å². The second kappa shape index (κ2) is 8.74. The number of anilines is 1. The average Bonchev–Trinajstić information content (AvgIpc) is 3.33. The Morgan fingerprint density at radius 2 is 1.90 bits per heavy atom. The van der Waals surface area contributed by atoms with Crippen LogP contribution in [0.15, 0.2) is 30.7 Å². The minimum Gasteiger partial charge on any atom is -0.368 e. The zero-order valence-electron chi connectivity index (χ0n) is 17.3. The van der Waals surface area contributed by atoms with Crippen molar-refractivity contribution in [1.82, 2.24) is 24.8 Å². The second-order valence-electron chi connectivity index (χ2n) is 7.69. The van der Waals surface area contributed by atoms with E-state index in [1.165, 1.54) is 0 Å². The number of hydrogen-bond acceptors (Lipinski definition) is 7. The summed E-state index contributed by atoms with van der Waals surface area (Å²) < 4.78 is 5.51. The molecule has 2 saturated heterocycles. The maximum absolute atomic E-state index is 13.3. The lowest BCUT2D eigenvalue weighted by atomic mass is 10.1. The molecule has 9 nitrogen and oxygen atoms in total. The molecule has 1 atom stereocenters. The van der Waals surface area contributed by atoms with Gasteiger partial charge in [-0.2, -0.15) is 0 Å². The van der Waals surface area contributed by atoms with Gasteiger partial charge in [0.05, 0.1) is 11.3 Å². The van der Waals surface area contributed by atoms with Gasteiger partial charge in [-0.3, -0.25) is 14.6 Å². The van der Waals surface area contributed by atoms with Crippen LogP contribution in [0.25, 0.3) is 11.3 Å². The van der Waals surface area contributed by atoms with E-state index in [-0.39, 0.29) is 17.9 Å². The number of rotatable bonds is 4. The first-order valence-corrected chi connectivity index (χ1v) is 10.2. The standard InChI is InChI=1S/C21H26N6O3/c1-25(2)21-23-14-16(18(24-21)15-5-3-7-22-13-15)19(28)26-8-10-27(11-9-26)20(29)17-6-4-12-30-17/h3,5,7,13-14,17H,4,6,8-12H2,1-2H3. The molecule has 30 heavy (non-hydrogen) atoms. The Balaban J connectivity index is 1.51. The highest BCUT2D eigenvalue weighted by Gasteiger charge is 2.32. The van der Waals surface area contributed by atoms with Gasteiger partial charge >= 0.3 is 0 Å². The van der Waals surface area contributed by atoms with Gasteiger partial charge in [-0.1, -0.05) is 0 Å². The van der Waals surface area contributed by atoms with Gasteiger partial charge < -0.3 is 19.4 Å². The zero-order valence-corrected chi connectivity index (χ0v) is 17.3. The molecular weight excluding hydrogens is 384 g/mol. The fourth-order valence-electron chi connectivity index (χ4n) is 3.74. The lowest BCUT2D eigenvalue weighted by Crippen LogP contribution is -2.52. The number of carbonyl (C=O) groups excluding carboxylic acids is 2. The van der Waals surface area contributed by atoms with E-state index >= 15 is 0 Å². The molecule has 9 heteroatoms. The van der Waals surface area contributed by atoms with Gasteiger partial charge in [0.1, 0.15) is 6.10 Å². The lowest BCUT2D eigenvalue weighted by molar-refractivity contribution is -0.142. The molecule has 0 N–H and O–H groups in total. The number of ether oxygens (including phenoxy) is 1. The Morgan fingerprint density at radius 1 is 1.13 bits per heavy atom. The molecule has 4 heterocycles. The fraction of sp³-hybridized carbons (Fsp3) is 0.476. The Bertz CT molecular complexity index is 906. The SMILES string of the molecule is CN(C)c1ncc(C(=O)N2CCN(C(=O)C3CCCO3)CC2)c(-c2cccnc2)n1. The minimum absolute atomic E-state index is 0.0364. The van der Waals surface area contributed by atoms with E-state index in [4.69, 9.17) is 4.74 Å². The van der Waals surface area contributed by atoms with Crippen molar-refractivity contribution in [2.24, 2.45) is 0 Å². The molecule has 0 saturated carbocycles. The first-order valence-electron chi connectivity index (χ1n) is 10.2. The molecule has 4 rings (SSSR count). The summed E-state index contributed by atoms with van der Waals surface area (Å²) in [5.41, 5.74) is 1.76. The smallest absolute Gasteiger partial charge is 0.257 e. The predicted octanol–water partition coefficient (Wildman–Crippen LogP) is 1.07. The van der Waals surface area contributed by atoms with Gasteiger partial charge in [0.25, 0.3) is 11.8 Å². The summed E-state index contributed by atoms with van der Waals surface area (Å²) in [7, 11) is 3.71. The van der Waals surface area contributed by atoms with Gasteiger partial charge in [0.15, 0.2) is 0 Å². The molecule has 2 aliphatic rings. The molecule has 2 aliphatic heterocycles. The number of piperazine rings is 1. The Hall–Kier alpha value is -3.07. The molecule has 0 spiro atoms. The summed E-state index contributed by atoms with van der Waals surface area (Å²) in [4.78, 5) is 44.3. The first-order chi connectivity index (χ1) is 14.5. The van der Waals surface area contributed by atoms with Crippen LogP contribution in [0, 0.1) is 0 Å². The largest absolute Gasteiger partial charge is 0.368 e. The third-order valence-corrected chi connectivity index (χ3v) is 5.43. The molecular formula is C21H26N6O3. The van der Waals surface area contributed by atoms with Crippen LogP contribution in [0.2, 0.25) is 0 Å². The molecule has 1 unspecified atom stereocenters. The fourth-order valence-corrected chi connectivity index (χ4v) is 3.74. The highest BCUT2D eigenvalue weighted by molar-refractivity contribution is 6.00. The van der Waals surface area contributed by atoms with Crippen LogP contribution in [0.5, 0.6) is 0 Å². The van der Waals surface area contributed by atoms with Crippen molar-refractivity contribution < 1.29 is 14.3 Å². The summed E-state index contributed by atoms with van der Waals surface area (Å²) in [5.74, 6) is 0.426. The first kappa shape index (κ1) is 20.2. The van der Waals surface area contributed by atoms with Crippen molar-refractivity contribution in [1.29, 1.82) is 0 Å². The highest BCUT2D eigenvalue weighted by Crippen LogP contribution is 2.24. The van der Waals surface area contributed by atoms with E-state index in [1.54, 1.807) is 33.3 Å². The van der Waals surface area contributed by atoms with Gasteiger partial charge in [-0.05, 0) is 25.0 Å². The van der Waals surface area contributed by atoms with Crippen LogP contribution in [-0.4, -0.2) is 89.6 Å².